The number of rotatable bonds is 2. The number of ether oxygens (including phenoxy) is 1. The Morgan fingerprint density at radius 1 is 1.47 bits per heavy atom. The van der Waals surface area contributed by atoms with Crippen molar-refractivity contribution in [2.75, 3.05) is 7.11 Å². The maximum Gasteiger partial charge on any atom is 0.337 e. The Balaban J connectivity index is 3.04. The zero-order valence-corrected chi connectivity index (χ0v) is 9.75. The van der Waals surface area contributed by atoms with Crippen LogP contribution in [0.5, 0.6) is 0 Å². The van der Waals surface area contributed by atoms with Crippen LogP contribution in [0.1, 0.15) is 22.3 Å². The summed E-state index contributed by atoms with van der Waals surface area (Å²) in [6.45, 7) is 0. The molecule has 0 aliphatic carbocycles. The van der Waals surface area contributed by atoms with Crippen LogP contribution in [0.2, 0.25) is 5.02 Å². The second-order valence-corrected chi connectivity index (χ2v) is 3.43. The van der Waals surface area contributed by atoms with E-state index in [-0.39, 0.29) is 22.6 Å². The molecule has 88 valence electrons. The van der Waals surface area contributed by atoms with E-state index in [0.717, 1.165) is 0 Å². The molecule has 1 rings (SSSR count). The van der Waals surface area contributed by atoms with Gasteiger partial charge in [0.2, 0.25) is 0 Å². The molecule has 0 amide bonds. The van der Waals surface area contributed by atoms with Crippen LogP contribution >= 0.6 is 11.6 Å². The number of halogens is 1. The number of hydrogen-bond donors (Lipinski definition) is 1. The first-order valence-corrected chi connectivity index (χ1v) is 5.01. The highest BCUT2D eigenvalue weighted by atomic mass is 35.5. The van der Waals surface area contributed by atoms with Crippen LogP contribution in [0.15, 0.2) is 18.2 Å². The van der Waals surface area contributed by atoms with Gasteiger partial charge in [0.25, 0.3) is 0 Å². The van der Waals surface area contributed by atoms with Gasteiger partial charge in [-0.3, -0.25) is 4.79 Å². The van der Waals surface area contributed by atoms with Crippen molar-refractivity contribution in [3.05, 3.63) is 34.3 Å². The fraction of sp³-hybridized carbons (Fsp3) is 0.167. The van der Waals surface area contributed by atoms with E-state index in [1.54, 1.807) is 0 Å². The lowest BCUT2D eigenvalue weighted by atomic mass is 10.1. The quantitative estimate of drug-likeness (QED) is 0.645. The zero-order valence-electron chi connectivity index (χ0n) is 8.99. The van der Waals surface area contributed by atoms with Gasteiger partial charge in [-0.05, 0) is 12.1 Å². The van der Waals surface area contributed by atoms with Gasteiger partial charge in [0.15, 0.2) is 0 Å². The minimum absolute atomic E-state index is 0.00914. The Morgan fingerprint density at radius 3 is 2.76 bits per heavy atom. The molecule has 0 heterocycles. The Bertz CT molecular complexity index is 511. The van der Waals surface area contributed by atoms with E-state index in [9.17, 15) is 9.59 Å². The topological polar surface area (TPSA) is 63.6 Å². The largest absolute Gasteiger partial charge is 0.478 e. The zero-order chi connectivity index (χ0) is 12.8. The van der Waals surface area contributed by atoms with Gasteiger partial charge in [0, 0.05) is 0 Å². The number of benzene rings is 1. The van der Waals surface area contributed by atoms with E-state index in [2.05, 4.69) is 16.6 Å². The second kappa shape index (κ2) is 5.92. The average Bonchev–Trinajstić information content (AvgIpc) is 2.30. The standard InChI is InChI=1S/C12H9ClO4/c1-17-11(14)7-3-4-8-9(12(15)16)5-2-6-10(8)13/h2,5-6H,7H2,1H3,(H,15,16). The summed E-state index contributed by atoms with van der Waals surface area (Å²) >= 11 is 5.84. The van der Waals surface area contributed by atoms with Crippen molar-refractivity contribution in [3.8, 4) is 11.8 Å². The number of esters is 1. The average molecular weight is 253 g/mol. The Hall–Kier alpha value is -1.99. The van der Waals surface area contributed by atoms with E-state index in [0.29, 0.717) is 0 Å². The van der Waals surface area contributed by atoms with Crippen LogP contribution in [0.4, 0.5) is 0 Å². The van der Waals surface area contributed by atoms with Crippen molar-refractivity contribution in [2.24, 2.45) is 0 Å². The van der Waals surface area contributed by atoms with Gasteiger partial charge in [-0.25, -0.2) is 4.79 Å². The van der Waals surface area contributed by atoms with Crippen molar-refractivity contribution >= 4 is 23.5 Å². The molecule has 17 heavy (non-hydrogen) atoms. The Kier molecular flexibility index (Phi) is 4.56. The normalized spacial score (nSPS) is 9.06. The number of methoxy groups -OCH3 is 1. The molecular weight excluding hydrogens is 244 g/mol. The minimum atomic E-state index is -1.12. The second-order valence-electron chi connectivity index (χ2n) is 3.02. The summed E-state index contributed by atoms with van der Waals surface area (Å²) in [6, 6.07) is 4.46. The van der Waals surface area contributed by atoms with E-state index in [4.69, 9.17) is 16.7 Å². The SMILES string of the molecule is COC(=O)CC#Cc1c(Cl)cccc1C(=O)O. The fourth-order valence-electron chi connectivity index (χ4n) is 1.11. The lowest BCUT2D eigenvalue weighted by Crippen LogP contribution is -2.01. The Labute approximate surface area is 103 Å². The third-order valence-electron chi connectivity index (χ3n) is 1.92. The van der Waals surface area contributed by atoms with Gasteiger partial charge in [-0.2, -0.15) is 0 Å². The summed E-state index contributed by atoms with van der Waals surface area (Å²) in [6.07, 6.45) is -0.110. The molecule has 1 N–H and O–H groups in total. The molecule has 0 aromatic heterocycles. The third kappa shape index (κ3) is 3.51. The molecule has 0 atom stereocenters. The molecule has 0 unspecified atom stereocenters. The lowest BCUT2D eigenvalue weighted by molar-refractivity contribution is -0.139. The number of carboxylic acid groups (broad SMARTS) is 1. The summed E-state index contributed by atoms with van der Waals surface area (Å²) in [5, 5.41) is 9.16. The first-order valence-electron chi connectivity index (χ1n) is 4.63. The highest BCUT2D eigenvalue weighted by Crippen LogP contribution is 2.18. The summed E-state index contributed by atoms with van der Waals surface area (Å²) in [5.41, 5.74) is 0.209. The maximum atomic E-state index is 10.9. The predicted molar refractivity (Wildman–Crippen MR) is 61.9 cm³/mol. The van der Waals surface area contributed by atoms with E-state index < -0.39 is 11.9 Å². The van der Waals surface area contributed by atoms with E-state index >= 15 is 0 Å². The van der Waals surface area contributed by atoms with Crippen molar-refractivity contribution in [2.45, 2.75) is 6.42 Å². The highest BCUT2D eigenvalue weighted by molar-refractivity contribution is 6.32. The predicted octanol–water partition coefficient (Wildman–Crippen LogP) is 1.95. The first-order chi connectivity index (χ1) is 8.06. The number of aromatic carboxylic acids is 1. The maximum absolute atomic E-state index is 10.9. The molecule has 0 aliphatic heterocycles. The first kappa shape index (κ1) is 13.1. The van der Waals surface area contributed by atoms with Crippen LogP contribution in [0.25, 0.3) is 0 Å². The molecule has 0 saturated carbocycles. The molecule has 1 aromatic carbocycles. The molecule has 0 spiro atoms. The van der Waals surface area contributed by atoms with Crippen LogP contribution in [0.3, 0.4) is 0 Å². The summed E-state index contributed by atoms with van der Waals surface area (Å²) in [5.74, 6) is 3.48. The Morgan fingerprint density at radius 2 is 2.18 bits per heavy atom. The van der Waals surface area contributed by atoms with Crippen molar-refractivity contribution < 1.29 is 19.4 Å². The van der Waals surface area contributed by atoms with E-state index in [1.165, 1.54) is 25.3 Å². The molecule has 0 bridgehead atoms. The fourth-order valence-corrected chi connectivity index (χ4v) is 1.33. The van der Waals surface area contributed by atoms with Crippen LogP contribution in [0, 0.1) is 11.8 Å². The highest BCUT2D eigenvalue weighted by Gasteiger charge is 2.10. The molecule has 1 aromatic rings. The lowest BCUT2D eigenvalue weighted by Gasteiger charge is -2.00. The molecular formula is C12H9ClO4. The van der Waals surface area contributed by atoms with Crippen molar-refractivity contribution in [3.63, 3.8) is 0 Å². The summed E-state index contributed by atoms with van der Waals surface area (Å²) < 4.78 is 4.41. The van der Waals surface area contributed by atoms with Crippen LogP contribution in [-0.4, -0.2) is 24.2 Å². The van der Waals surface area contributed by atoms with Crippen molar-refractivity contribution in [1.82, 2.24) is 0 Å². The monoisotopic (exact) mass is 252 g/mol. The minimum Gasteiger partial charge on any atom is -0.478 e. The molecule has 0 saturated heterocycles. The molecule has 5 heteroatoms. The summed E-state index contributed by atoms with van der Waals surface area (Å²) in [7, 11) is 1.25. The van der Waals surface area contributed by atoms with E-state index in [1.807, 2.05) is 0 Å². The van der Waals surface area contributed by atoms with Gasteiger partial charge in [-0.1, -0.05) is 29.5 Å². The number of carbonyl (C=O) groups excluding carboxylic acids is 1. The van der Waals surface area contributed by atoms with Gasteiger partial charge in [-0.15, -0.1) is 0 Å². The smallest absolute Gasteiger partial charge is 0.337 e. The van der Waals surface area contributed by atoms with Crippen molar-refractivity contribution in [1.29, 1.82) is 0 Å². The number of carbonyl (C=O) groups is 2. The molecule has 4 nitrogen and oxygen atoms in total. The van der Waals surface area contributed by atoms with Gasteiger partial charge < -0.3 is 9.84 Å². The molecule has 0 aliphatic rings. The number of hydrogen-bond acceptors (Lipinski definition) is 3. The summed E-state index contributed by atoms with van der Waals surface area (Å²) in [4.78, 5) is 21.7. The van der Waals surface area contributed by atoms with Gasteiger partial charge >= 0.3 is 11.9 Å². The number of carboxylic acids is 1. The molecule has 0 fully saturated rings. The van der Waals surface area contributed by atoms with Crippen LogP contribution in [-0.2, 0) is 9.53 Å². The molecule has 0 radical (unpaired) electrons. The van der Waals surface area contributed by atoms with Gasteiger partial charge in [0.05, 0.1) is 23.3 Å². The van der Waals surface area contributed by atoms with Crippen LogP contribution < -0.4 is 0 Å². The van der Waals surface area contributed by atoms with Gasteiger partial charge in [0.1, 0.15) is 6.42 Å². The third-order valence-corrected chi connectivity index (χ3v) is 2.23.